The zero-order chi connectivity index (χ0) is 13.0. The van der Waals surface area contributed by atoms with Crippen molar-refractivity contribution in [2.75, 3.05) is 6.54 Å². The Morgan fingerprint density at radius 3 is 2.56 bits per heavy atom. The highest BCUT2D eigenvalue weighted by Gasteiger charge is 2.51. The molecule has 1 atom stereocenters. The molecule has 0 spiro atoms. The minimum absolute atomic E-state index is 0.115. The molecule has 1 saturated carbocycles. The number of benzene rings is 1. The van der Waals surface area contributed by atoms with Crippen molar-refractivity contribution in [1.29, 1.82) is 0 Å². The molecule has 0 saturated heterocycles. The molecule has 1 aliphatic carbocycles. The van der Waals surface area contributed by atoms with Crippen LogP contribution in [-0.4, -0.2) is 18.5 Å². The summed E-state index contributed by atoms with van der Waals surface area (Å²) in [6.45, 7) is 2.63. The molecule has 1 unspecified atom stereocenters. The maximum absolute atomic E-state index is 12.4. The van der Waals surface area contributed by atoms with Crippen LogP contribution in [0.4, 0.5) is 0 Å². The van der Waals surface area contributed by atoms with Gasteiger partial charge in [0.2, 0.25) is 5.91 Å². The second-order valence-corrected chi connectivity index (χ2v) is 5.14. The summed E-state index contributed by atoms with van der Waals surface area (Å²) in [4.78, 5) is 12.4. The predicted octanol–water partition coefficient (Wildman–Crippen LogP) is 1.96. The standard InChI is InChI=1S/C15H22N2O/c1-2-6-13(11-16)17-14(18)15(9-10-15)12-7-4-3-5-8-12/h3-5,7-8,13H,2,6,9-11,16H2,1H3,(H,17,18). The minimum Gasteiger partial charge on any atom is -0.351 e. The normalized spacial score (nSPS) is 18.1. The van der Waals surface area contributed by atoms with Gasteiger partial charge in [-0.1, -0.05) is 43.7 Å². The smallest absolute Gasteiger partial charge is 0.230 e. The average Bonchev–Trinajstić information content (AvgIpc) is 3.20. The highest BCUT2D eigenvalue weighted by Crippen LogP contribution is 2.48. The molecular weight excluding hydrogens is 224 g/mol. The lowest BCUT2D eigenvalue weighted by atomic mass is 9.94. The number of amides is 1. The van der Waals surface area contributed by atoms with Gasteiger partial charge in [-0.25, -0.2) is 0 Å². The van der Waals surface area contributed by atoms with Crippen molar-refractivity contribution in [2.45, 2.75) is 44.1 Å². The van der Waals surface area contributed by atoms with E-state index >= 15 is 0 Å². The molecule has 3 N–H and O–H groups in total. The third-order valence-corrected chi connectivity index (χ3v) is 3.77. The molecule has 3 heteroatoms. The van der Waals surface area contributed by atoms with Gasteiger partial charge in [-0.3, -0.25) is 4.79 Å². The monoisotopic (exact) mass is 246 g/mol. The summed E-state index contributed by atoms with van der Waals surface area (Å²) < 4.78 is 0. The molecule has 0 aliphatic heterocycles. The quantitative estimate of drug-likeness (QED) is 0.806. The Morgan fingerprint density at radius 2 is 2.06 bits per heavy atom. The minimum atomic E-state index is -0.275. The van der Waals surface area contributed by atoms with Crippen LogP contribution in [-0.2, 0) is 10.2 Å². The Morgan fingerprint density at radius 1 is 1.39 bits per heavy atom. The van der Waals surface area contributed by atoms with Gasteiger partial charge in [-0.15, -0.1) is 0 Å². The maximum Gasteiger partial charge on any atom is 0.230 e. The fraction of sp³-hybridized carbons (Fsp3) is 0.533. The summed E-state index contributed by atoms with van der Waals surface area (Å²) in [6, 6.07) is 10.2. The molecular formula is C15H22N2O. The Labute approximate surface area is 109 Å². The van der Waals surface area contributed by atoms with Crippen molar-refractivity contribution in [3.63, 3.8) is 0 Å². The van der Waals surface area contributed by atoms with E-state index in [9.17, 15) is 4.79 Å². The van der Waals surface area contributed by atoms with Crippen molar-refractivity contribution in [1.82, 2.24) is 5.32 Å². The lowest BCUT2D eigenvalue weighted by molar-refractivity contribution is -0.124. The van der Waals surface area contributed by atoms with Gasteiger partial charge in [-0.05, 0) is 24.8 Å². The van der Waals surface area contributed by atoms with Crippen LogP contribution in [0, 0.1) is 0 Å². The van der Waals surface area contributed by atoms with Crippen LogP contribution in [0.5, 0.6) is 0 Å². The van der Waals surface area contributed by atoms with Crippen LogP contribution >= 0.6 is 0 Å². The molecule has 0 radical (unpaired) electrons. The first-order chi connectivity index (χ1) is 8.73. The van der Waals surface area contributed by atoms with Gasteiger partial charge < -0.3 is 11.1 Å². The molecule has 0 bridgehead atoms. The third kappa shape index (κ3) is 2.56. The topological polar surface area (TPSA) is 55.1 Å². The van der Waals surface area contributed by atoms with E-state index in [0.29, 0.717) is 6.54 Å². The average molecular weight is 246 g/mol. The molecule has 1 fully saturated rings. The van der Waals surface area contributed by atoms with E-state index < -0.39 is 0 Å². The Balaban J connectivity index is 2.05. The predicted molar refractivity (Wildman–Crippen MR) is 73.2 cm³/mol. The van der Waals surface area contributed by atoms with Crippen molar-refractivity contribution in [3.05, 3.63) is 35.9 Å². The number of hydrogen-bond acceptors (Lipinski definition) is 2. The second-order valence-electron chi connectivity index (χ2n) is 5.14. The molecule has 98 valence electrons. The summed E-state index contributed by atoms with van der Waals surface area (Å²) in [5.74, 6) is 0.151. The molecule has 1 aromatic rings. The summed E-state index contributed by atoms with van der Waals surface area (Å²) in [5.41, 5.74) is 6.55. The molecule has 2 rings (SSSR count). The van der Waals surface area contributed by atoms with E-state index in [-0.39, 0.29) is 17.4 Å². The molecule has 18 heavy (non-hydrogen) atoms. The number of carbonyl (C=O) groups is 1. The fourth-order valence-corrected chi connectivity index (χ4v) is 2.45. The summed E-state index contributed by atoms with van der Waals surface area (Å²) in [6.07, 6.45) is 3.89. The zero-order valence-electron chi connectivity index (χ0n) is 11.0. The Kier molecular flexibility index (Phi) is 4.02. The van der Waals surface area contributed by atoms with Crippen LogP contribution in [0.25, 0.3) is 0 Å². The lowest BCUT2D eigenvalue weighted by Gasteiger charge is -2.21. The van der Waals surface area contributed by atoms with Crippen LogP contribution in [0.1, 0.15) is 38.2 Å². The number of carbonyl (C=O) groups excluding carboxylic acids is 1. The number of rotatable bonds is 6. The van der Waals surface area contributed by atoms with Gasteiger partial charge in [0, 0.05) is 12.6 Å². The Hall–Kier alpha value is -1.35. The first kappa shape index (κ1) is 13.1. The maximum atomic E-state index is 12.4. The van der Waals surface area contributed by atoms with Gasteiger partial charge >= 0.3 is 0 Å². The first-order valence-corrected chi connectivity index (χ1v) is 6.79. The van der Waals surface area contributed by atoms with E-state index in [4.69, 9.17) is 5.73 Å². The van der Waals surface area contributed by atoms with E-state index in [1.54, 1.807) is 0 Å². The lowest BCUT2D eigenvalue weighted by Crippen LogP contribution is -2.45. The summed E-state index contributed by atoms with van der Waals surface area (Å²) >= 11 is 0. The van der Waals surface area contributed by atoms with E-state index in [1.165, 1.54) is 0 Å². The third-order valence-electron chi connectivity index (χ3n) is 3.77. The van der Waals surface area contributed by atoms with E-state index in [0.717, 1.165) is 31.2 Å². The van der Waals surface area contributed by atoms with E-state index in [1.807, 2.05) is 30.3 Å². The van der Waals surface area contributed by atoms with Gasteiger partial charge in [0.15, 0.2) is 0 Å². The largest absolute Gasteiger partial charge is 0.351 e. The van der Waals surface area contributed by atoms with Gasteiger partial charge in [0.05, 0.1) is 5.41 Å². The van der Waals surface area contributed by atoms with Crippen LogP contribution in [0.15, 0.2) is 30.3 Å². The van der Waals surface area contributed by atoms with Crippen LogP contribution in [0.3, 0.4) is 0 Å². The van der Waals surface area contributed by atoms with Crippen LogP contribution in [0.2, 0.25) is 0 Å². The summed E-state index contributed by atoms with van der Waals surface area (Å²) in [7, 11) is 0. The highest BCUT2D eigenvalue weighted by molar-refractivity contribution is 5.91. The molecule has 3 nitrogen and oxygen atoms in total. The molecule has 1 aromatic carbocycles. The number of nitrogens with one attached hydrogen (secondary N) is 1. The van der Waals surface area contributed by atoms with Crippen LogP contribution < -0.4 is 11.1 Å². The van der Waals surface area contributed by atoms with Crippen molar-refractivity contribution >= 4 is 5.91 Å². The Bertz CT molecular complexity index is 398. The number of nitrogens with two attached hydrogens (primary N) is 1. The molecule has 0 aromatic heterocycles. The molecule has 1 amide bonds. The van der Waals surface area contributed by atoms with Crippen molar-refractivity contribution < 1.29 is 4.79 Å². The second kappa shape index (κ2) is 5.53. The zero-order valence-corrected chi connectivity index (χ0v) is 11.0. The number of hydrogen-bond donors (Lipinski definition) is 2. The van der Waals surface area contributed by atoms with E-state index in [2.05, 4.69) is 12.2 Å². The molecule has 0 heterocycles. The van der Waals surface area contributed by atoms with Gasteiger partial charge in [0.25, 0.3) is 0 Å². The van der Waals surface area contributed by atoms with Gasteiger partial charge in [-0.2, -0.15) is 0 Å². The van der Waals surface area contributed by atoms with Gasteiger partial charge in [0.1, 0.15) is 0 Å². The van der Waals surface area contributed by atoms with Crippen molar-refractivity contribution in [3.8, 4) is 0 Å². The highest BCUT2D eigenvalue weighted by atomic mass is 16.2. The molecule has 1 aliphatic rings. The van der Waals surface area contributed by atoms with Crippen molar-refractivity contribution in [2.24, 2.45) is 5.73 Å². The fourth-order valence-electron chi connectivity index (χ4n) is 2.45. The SMILES string of the molecule is CCCC(CN)NC(=O)C1(c2ccccc2)CC1. The first-order valence-electron chi connectivity index (χ1n) is 6.79. The summed E-state index contributed by atoms with van der Waals surface area (Å²) in [5, 5.41) is 3.10.